The maximum Gasteiger partial charge on any atom is 0.255 e. The Morgan fingerprint density at radius 1 is 1.35 bits per heavy atom. The van der Waals surface area contributed by atoms with Crippen LogP contribution in [0.15, 0.2) is 30.3 Å². The lowest BCUT2D eigenvalue weighted by molar-refractivity contribution is -0.131. The van der Waals surface area contributed by atoms with Crippen LogP contribution in [0.5, 0.6) is 0 Å². The number of likely N-dealkylation sites (N-methyl/N-ethyl adjacent to an activating group) is 1. The highest BCUT2D eigenvalue weighted by molar-refractivity contribution is 5.86. The molecule has 6 heteroatoms. The van der Waals surface area contributed by atoms with Gasteiger partial charge in [0.15, 0.2) is 0 Å². The van der Waals surface area contributed by atoms with Crippen LogP contribution in [0.1, 0.15) is 24.4 Å². The zero-order chi connectivity index (χ0) is 14.5. The second-order valence-corrected chi connectivity index (χ2v) is 4.83. The van der Waals surface area contributed by atoms with Gasteiger partial charge in [0.2, 0.25) is 5.91 Å². The molecule has 2 atom stereocenters. The summed E-state index contributed by atoms with van der Waals surface area (Å²) in [7, 11) is 1.61. The van der Waals surface area contributed by atoms with E-state index in [0.717, 1.165) is 18.4 Å². The second-order valence-electron chi connectivity index (χ2n) is 4.83. The van der Waals surface area contributed by atoms with Crippen molar-refractivity contribution in [2.45, 2.75) is 24.9 Å². The fraction of sp³-hybridized carbons (Fsp3) is 0.429. The zero-order valence-corrected chi connectivity index (χ0v) is 11.5. The molecule has 0 aliphatic carbocycles. The van der Waals surface area contributed by atoms with E-state index in [4.69, 9.17) is 5.84 Å². The maximum atomic E-state index is 12.1. The van der Waals surface area contributed by atoms with Crippen LogP contribution in [0.2, 0.25) is 0 Å². The van der Waals surface area contributed by atoms with Gasteiger partial charge in [0.25, 0.3) is 5.91 Å². The topological polar surface area (TPSA) is 87.5 Å². The minimum absolute atomic E-state index is 0.0618. The Bertz CT molecular complexity index is 477. The molecule has 20 heavy (non-hydrogen) atoms. The van der Waals surface area contributed by atoms with Crippen LogP contribution in [-0.4, -0.2) is 36.3 Å². The minimum atomic E-state index is -0.536. The van der Waals surface area contributed by atoms with Crippen LogP contribution in [0.4, 0.5) is 0 Å². The summed E-state index contributed by atoms with van der Waals surface area (Å²) < 4.78 is 0. The number of nitrogens with one attached hydrogen (secondary N) is 2. The number of benzene rings is 1. The van der Waals surface area contributed by atoms with Gasteiger partial charge in [-0.3, -0.25) is 19.9 Å². The molecule has 2 amide bonds. The Labute approximate surface area is 118 Å². The molecule has 2 unspecified atom stereocenters. The highest BCUT2D eigenvalue weighted by Crippen LogP contribution is 2.29. The molecule has 0 saturated carbocycles. The van der Waals surface area contributed by atoms with Crippen LogP contribution in [0, 0.1) is 0 Å². The van der Waals surface area contributed by atoms with Crippen molar-refractivity contribution < 1.29 is 9.59 Å². The van der Waals surface area contributed by atoms with Crippen LogP contribution < -0.4 is 16.6 Å². The average molecular weight is 276 g/mol. The number of nitrogens with zero attached hydrogens (tertiary/aromatic N) is 1. The van der Waals surface area contributed by atoms with Gasteiger partial charge in [0, 0.05) is 13.6 Å². The van der Waals surface area contributed by atoms with Crippen molar-refractivity contribution in [3.63, 3.8) is 0 Å². The number of hydrogen-bond acceptors (Lipinski definition) is 4. The van der Waals surface area contributed by atoms with Gasteiger partial charge in [0.1, 0.15) is 6.04 Å². The highest BCUT2D eigenvalue weighted by atomic mass is 16.2. The predicted molar refractivity (Wildman–Crippen MR) is 75.3 cm³/mol. The van der Waals surface area contributed by atoms with Gasteiger partial charge in [-0.15, -0.1) is 0 Å². The molecule has 0 radical (unpaired) electrons. The number of rotatable bonds is 4. The van der Waals surface area contributed by atoms with Crippen LogP contribution >= 0.6 is 0 Å². The third-order valence-corrected chi connectivity index (χ3v) is 3.68. The lowest BCUT2D eigenvalue weighted by Crippen LogP contribution is -2.49. The largest absolute Gasteiger partial charge is 0.358 e. The van der Waals surface area contributed by atoms with E-state index in [9.17, 15) is 9.59 Å². The molecule has 108 valence electrons. The van der Waals surface area contributed by atoms with E-state index in [1.54, 1.807) is 7.05 Å². The Balaban J connectivity index is 2.32. The van der Waals surface area contributed by atoms with Crippen molar-refractivity contribution in [3.05, 3.63) is 35.9 Å². The van der Waals surface area contributed by atoms with Crippen molar-refractivity contribution in [1.29, 1.82) is 0 Å². The Morgan fingerprint density at radius 2 is 2.05 bits per heavy atom. The first kappa shape index (κ1) is 14.5. The minimum Gasteiger partial charge on any atom is -0.358 e. The summed E-state index contributed by atoms with van der Waals surface area (Å²) in [6.45, 7) is 0.699. The molecule has 0 aromatic heterocycles. The summed E-state index contributed by atoms with van der Waals surface area (Å²) in [5.74, 6) is 4.94. The first-order chi connectivity index (χ1) is 9.69. The van der Waals surface area contributed by atoms with Gasteiger partial charge in [0.05, 0.1) is 6.04 Å². The molecule has 2 rings (SSSR count). The molecule has 4 N–H and O–H groups in total. The van der Waals surface area contributed by atoms with E-state index in [1.807, 2.05) is 35.2 Å². The fourth-order valence-corrected chi connectivity index (χ4v) is 2.75. The van der Waals surface area contributed by atoms with Crippen molar-refractivity contribution in [1.82, 2.24) is 15.6 Å². The molecule has 0 spiro atoms. The summed E-state index contributed by atoms with van der Waals surface area (Å²) in [6.07, 6.45) is 1.64. The van der Waals surface area contributed by atoms with E-state index in [-0.39, 0.29) is 17.9 Å². The molecule has 1 aliphatic rings. The first-order valence-corrected chi connectivity index (χ1v) is 6.71. The summed E-state index contributed by atoms with van der Waals surface area (Å²) in [4.78, 5) is 26.0. The van der Waals surface area contributed by atoms with Gasteiger partial charge >= 0.3 is 0 Å². The van der Waals surface area contributed by atoms with Crippen molar-refractivity contribution >= 4 is 11.8 Å². The quantitative estimate of drug-likeness (QED) is 0.408. The predicted octanol–water partition coefficient (Wildman–Crippen LogP) is -0.0720. The summed E-state index contributed by atoms with van der Waals surface area (Å²) in [6, 6.07) is 8.56. The molecular weight excluding hydrogens is 256 g/mol. The third kappa shape index (κ3) is 2.81. The summed E-state index contributed by atoms with van der Waals surface area (Å²) >= 11 is 0. The van der Waals surface area contributed by atoms with Gasteiger partial charge in [-0.25, -0.2) is 5.84 Å². The molecular formula is C14H20N4O2. The van der Waals surface area contributed by atoms with Gasteiger partial charge in [-0.1, -0.05) is 30.3 Å². The summed E-state index contributed by atoms with van der Waals surface area (Å²) in [5, 5.41) is 2.66. The number of hydrogen-bond donors (Lipinski definition) is 3. The monoisotopic (exact) mass is 276 g/mol. The van der Waals surface area contributed by atoms with Crippen LogP contribution in [-0.2, 0) is 9.59 Å². The van der Waals surface area contributed by atoms with E-state index >= 15 is 0 Å². The number of amides is 2. The lowest BCUT2D eigenvalue weighted by atomic mass is 10.0. The fourth-order valence-electron chi connectivity index (χ4n) is 2.75. The number of likely N-dealkylation sites (tertiary alicyclic amines) is 1. The Morgan fingerprint density at radius 3 is 2.65 bits per heavy atom. The maximum absolute atomic E-state index is 12.1. The first-order valence-electron chi connectivity index (χ1n) is 6.71. The standard InChI is InChI=1S/C14H20N4O2/c1-16-13(19)11-8-5-9-18(11)12(14(20)17-15)10-6-3-2-4-7-10/h2-4,6-7,11-12H,5,8-9,15H2,1H3,(H,16,19)(H,17,20). The molecule has 1 fully saturated rings. The van der Waals surface area contributed by atoms with Crippen molar-refractivity contribution in [3.8, 4) is 0 Å². The van der Waals surface area contributed by atoms with Gasteiger partial charge in [-0.2, -0.15) is 0 Å². The van der Waals surface area contributed by atoms with Crippen LogP contribution in [0.25, 0.3) is 0 Å². The smallest absolute Gasteiger partial charge is 0.255 e. The Kier molecular flexibility index (Phi) is 4.70. The molecule has 1 aliphatic heterocycles. The highest BCUT2D eigenvalue weighted by Gasteiger charge is 2.38. The molecule has 1 heterocycles. The van der Waals surface area contributed by atoms with Crippen molar-refractivity contribution in [2.24, 2.45) is 5.84 Å². The van der Waals surface area contributed by atoms with E-state index in [1.165, 1.54) is 0 Å². The van der Waals surface area contributed by atoms with E-state index < -0.39 is 6.04 Å². The molecule has 1 aromatic carbocycles. The number of carbonyl (C=O) groups excluding carboxylic acids is 2. The van der Waals surface area contributed by atoms with E-state index in [2.05, 4.69) is 10.7 Å². The lowest BCUT2D eigenvalue weighted by Gasteiger charge is -2.31. The van der Waals surface area contributed by atoms with E-state index in [0.29, 0.717) is 6.54 Å². The molecule has 6 nitrogen and oxygen atoms in total. The van der Waals surface area contributed by atoms with Gasteiger partial charge < -0.3 is 5.32 Å². The average Bonchev–Trinajstić information content (AvgIpc) is 2.96. The molecule has 1 aromatic rings. The molecule has 0 bridgehead atoms. The number of hydrazine groups is 1. The second kappa shape index (κ2) is 6.49. The number of carbonyl (C=O) groups is 2. The zero-order valence-electron chi connectivity index (χ0n) is 11.5. The third-order valence-electron chi connectivity index (χ3n) is 3.68. The van der Waals surface area contributed by atoms with Crippen molar-refractivity contribution in [2.75, 3.05) is 13.6 Å². The van der Waals surface area contributed by atoms with Gasteiger partial charge in [-0.05, 0) is 18.4 Å². The SMILES string of the molecule is CNC(=O)C1CCCN1C(C(=O)NN)c1ccccc1. The van der Waals surface area contributed by atoms with Crippen LogP contribution in [0.3, 0.4) is 0 Å². The Hall–Kier alpha value is -1.92. The normalized spacial score (nSPS) is 20.4. The summed E-state index contributed by atoms with van der Waals surface area (Å²) in [5.41, 5.74) is 3.04. The molecule has 1 saturated heterocycles. The number of nitrogens with two attached hydrogens (primary N) is 1.